The maximum atomic E-state index is 12.5. The predicted octanol–water partition coefficient (Wildman–Crippen LogP) is 1.02. The number of nitrogen functional groups attached to an aromatic ring is 1. The van der Waals surface area contributed by atoms with Gasteiger partial charge in [0.2, 0.25) is 11.6 Å². The van der Waals surface area contributed by atoms with Crippen molar-refractivity contribution in [2.24, 2.45) is 0 Å². The van der Waals surface area contributed by atoms with Crippen LogP contribution in [0.15, 0.2) is 28.9 Å². The van der Waals surface area contributed by atoms with Gasteiger partial charge in [-0.2, -0.15) is 0 Å². The molecule has 3 rings (SSSR count). The van der Waals surface area contributed by atoms with Crippen LogP contribution in [0.1, 0.15) is 20.7 Å². The summed E-state index contributed by atoms with van der Waals surface area (Å²) in [7, 11) is 0. The topological polar surface area (TPSA) is 84.7 Å². The number of nitrogens with two attached hydrogens (primary N) is 1. The summed E-state index contributed by atoms with van der Waals surface area (Å²) >= 11 is 6.10. The molecule has 1 aliphatic heterocycles. The number of carbonyl (C=O) groups excluding carboxylic acids is 2. The Morgan fingerprint density at radius 3 is 2.65 bits per heavy atom. The molecular weight excluding hydrogens is 318 g/mol. The average molecular weight is 336 g/mol. The van der Waals surface area contributed by atoms with Gasteiger partial charge in [0, 0.05) is 43.0 Å². The molecule has 1 aliphatic carbocycles. The maximum absolute atomic E-state index is 12.5. The SMILES string of the molecule is Nc1ccc2c(c1)C(=O)C(Cl)=C(NCCN1CCOCC1)C2=O. The van der Waals surface area contributed by atoms with E-state index < -0.39 is 0 Å². The van der Waals surface area contributed by atoms with Crippen LogP contribution in [0, 0.1) is 0 Å². The molecule has 0 amide bonds. The molecule has 0 saturated carbocycles. The highest BCUT2D eigenvalue weighted by atomic mass is 35.5. The monoisotopic (exact) mass is 335 g/mol. The van der Waals surface area contributed by atoms with E-state index in [0.29, 0.717) is 17.8 Å². The molecule has 3 N–H and O–H groups in total. The van der Waals surface area contributed by atoms with E-state index in [9.17, 15) is 9.59 Å². The molecule has 0 atom stereocenters. The first-order valence-corrected chi connectivity index (χ1v) is 7.88. The number of carbonyl (C=O) groups is 2. The summed E-state index contributed by atoms with van der Waals surface area (Å²) in [5.74, 6) is -0.644. The Kier molecular flexibility index (Phi) is 4.66. The summed E-state index contributed by atoms with van der Waals surface area (Å²) in [6, 6.07) is 4.66. The molecule has 0 aromatic heterocycles. The van der Waals surface area contributed by atoms with Crippen LogP contribution in [0.2, 0.25) is 0 Å². The number of nitrogens with zero attached hydrogens (tertiary/aromatic N) is 1. The normalized spacial score (nSPS) is 19.0. The molecule has 122 valence electrons. The standard InChI is InChI=1S/C16H18ClN3O3/c17-13-14(19-3-4-20-5-7-23-8-6-20)16(22)11-2-1-10(18)9-12(11)15(13)21/h1-2,9,19H,3-8,18H2. The van der Waals surface area contributed by atoms with Crippen LogP contribution < -0.4 is 11.1 Å². The number of nitrogens with one attached hydrogen (secondary N) is 1. The minimum Gasteiger partial charge on any atom is -0.399 e. The third kappa shape index (κ3) is 3.24. The summed E-state index contributed by atoms with van der Waals surface area (Å²) in [4.78, 5) is 27.1. The van der Waals surface area contributed by atoms with Gasteiger partial charge in [0.15, 0.2) is 0 Å². The van der Waals surface area contributed by atoms with Gasteiger partial charge in [-0.1, -0.05) is 11.6 Å². The van der Waals surface area contributed by atoms with Crippen molar-refractivity contribution in [3.8, 4) is 0 Å². The minimum atomic E-state index is -0.373. The van der Waals surface area contributed by atoms with E-state index in [2.05, 4.69) is 10.2 Å². The van der Waals surface area contributed by atoms with Gasteiger partial charge in [-0.15, -0.1) is 0 Å². The van der Waals surface area contributed by atoms with Crippen molar-refractivity contribution < 1.29 is 14.3 Å². The van der Waals surface area contributed by atoms with Gasteiger partial charge < -0.3 is 15.8 Å². The van der Waals surface area contributed by atoms with E-state index in [1.54, 1.807) is 12.1 Å². The molecule has 0 spiro atoms. The predicted molar refractivity (Wildman–Crippen MR) is 87.7 cm³/mol. The fourth-order valence-corrected chi connectivity index (χ4v) is 2.99. The van der Waals surface area contributed by atoms with Gasteiger partial charge >= 0.3 is 0 Å². The first-order valence-electron chi connectivity index (χ1n) is 7.50. The number of ether oxygens (including phenoxy) is 1. The average Bonchev–Trinajstić information content (AvgIpc) is 2.57. The number of anilines is 1. The molecule has 1 aromatic carbocycles. The van der Waals surface area contributed by atoms with Crippen LogP contribution >= 0.6 is 11.6 Å². The Morgan fingerprint density at radius 2 is 1.91 bits per heavy atom. The lowest BCUT2D eigenvalue weighted by atomic mass is 9.92. The van der Waals surface area contributed by atoms with Gasteiger partial charge in [0.05, 0.1) is 13.2 Å². The highest BCUT2D eigenvalue weighted by Crippen LogP contribution is 2.28. The van der Waals surface area contributed by atoms with E-state index in [0.717, 1.165) is 32.8 Å². The van der Waals surface area contributed by atoms with Gasteiger partial charge in [0.25, 0.3) is 0 Å². The first-order chi connectivity index (χ1) is 11.1. The van der Waals surface area contributed by atoms with E-state index in [-0.39, 0.29) is 27.9 Å². The minimum absolute atomic E-state index is 0.0740. The Balaban J connectivity index is 1.71. The Bertz CT molecular complexity index is 681. The summed E-state index contributed by atoms with van der Waals surface area (Å²) in [5.41, 5.74) is 6.87. The van der Waals surface area contributed by atoms with Gasteiger partial charge in [0.1, 0.15) is 10.7 Å². The summed E-state index contributed by atoms with van der Waals surface area (Å²) < 4.78 is 5.29. The van der Waals surface area contributed by atoms with E-state index in [4.69, 9.17) is 22.1 Å². The second-order valence-corrected chi connectivity index (χ2v) is 5.91. The molecule has 0 unspecified atom stereocenters. The number of fused-ring (bicyclic) bond motifs is 1. The maximum Gasteiger partial charge on any atom is 0.211 e. The Labute approximate surface area is 139 Å². The van der Waals surface area contributed by atoms with E-state index in [1.165, 1.54) is 6.07 Å². The van der Waals surface area contributed by atoms with Gasteiger partial charge in [-0.25, -0.2) is 0 Å². The fraction of sp³-hybridized carbons (Fsp3) is 0.375. The number of ketones is 2. The molecule has 7 heteroatoms. The molecule has 1 aromatic rings. The highest BCUT2D eigenvalue weighted by molar-refractivity contribution is 6.50. The molecule has 0 bridgehead atoms. The van der Waals surface area contributed by atoms with Crippen molar-refractivity contribution >= 4 is 28.9 Å². The molecule has 1 fully saturated rings. The molecule has 1 saturated heterocycles. The summed E-state index contributed by atoms with van der Waals surface area (Å²) in [5, 5.41) is 2.94. The Morgan fingerprint density at radius 1 is 1.17 bits per heavy atom. The molecule has 23 heavy (non-hydrogen) atoms. The third-order valence-corrected chi connectivity index (χ3v) is 4.37. The van der Waals surface area contributed by atoms with Crippen molar-refractivity contribution in [1.82, 2.24) is 10.2 Å². The van der Waals surface area contributed by atoms with Crippen LogP contribution in [0.4, 0.5) is 5.69 Å². The smallest absolute Gasteiger partial charge is 0.211 e. The van der Waals surface area contributed by atoms with Crippen LogP contribution in [-0.4, -0.2) is 55.9 Å². The molecular formula is C16H18ClN3O3. The number of hydrogen-bond donors (Lipinski definition) is 2. The van der Waals surface area contributed by atoms with Crippen LogP contribution in [0.5, 0.6) is 0 Å². The van der Waals surface area contributed by atoms with Crippen molar-refractivity contribution in [2.45, 2.75) is 0 Å². The zero-order chi connectivity index (χ0) is 16.4. The lowest BCUT2D eigenvalue weighted by Gasteiger charge is -2.27. The van der Waals surface area contributed by atoms with Crippen molar-refractivity contribution in [2.75, 3.05) is 45.1 Å². The second-order valence-electron chi connectivity index (χ2n) is 5.53. The summed E-state index contributed by atoms with van der Waals surface area (Å²) in [6.07, 6.45) is 0. The van der Waals surface area contributed by atoms with Crippen molar-refractivity contribution in [1.29, 1.82) is 0 Å². The van der Waals surface area contributed by atoms with Crippen LogP contribution in [0.25, 0.3) is 0 Å². The van der Waals surface area contributed by atoms with Gasteiger partial charge in [-0.3, -0.25) is 14.5 Å². The number of halogens is 1. The molecule has 6 nitrogen and oxygen atoms in total. The highest BCUT2D eigenvalue weighted by Gasteiger charge is 2.31. The van der Waals surface area contributed by atoms with Crippen LogP contribution in [-0.2, 0) is 4.74 Å². The number of allylic oxidation sites excluding steroid dienone is 2. The number of morpholine rings is 1. The zero-order valence-electron chi connectivity index (χ0n) is 12.6. The van der Waals surface area contributed by atoms with E-state index >= 15 is 0 Å². The lowest BCUT2D eigenvalue weighted by Crippen LogP contribution is -2.41. The van der Waals surface area contributed by atoms with Crippen LogP contribution in [0.3, 0.4) is 0 Å². The first kappa shape index (κ1) is 16.0. The number of rotatable bonds is 4. The number of benzene rings is 1. The second kappa shape index (κ2) is 6.70. The number of Topliss-reactive ketones (excluding diaryl/α,β-unsaturated/α-hetero) is 2. The third-order valence-electron chi connectivity index (χ3n) is 4.01. The zero-order valence-corrected chi connectivity index (χ0v) is 13.4. The van der Waals surface area contributed by atoms with Gasteiger partial charge in [-0.05, 0) is 18.2 Å². The quantitative estimate of drug-likeness (QED) is 0.799. The van der Waals surface area contributed by atoms with E-state index in [1.807, 2.05) is 0 Å². The summed E-state index contributed by atoms with van der Waals surface area (Å²) in [6.45, 7) is 4.46. The largest absolute Gasteiger partial charge is 0.399 e. The lowest BCUT2D eigenvalue weighted by molar-refractivity contribution is 0.0386. The van der Waals surface area contributed by atoms with Crippen molar-refractivity contribution in [3.63, 3.8) is 0 Å². The molecule has 1 heterocycles. The molecule has 2 aliphatic rings. The molecule has 0 radical (unpaired) electrons. The fourth-order valence-electron chi connectivity index (χ4n) is 2.74. The van der Waals surface area contributed by atoms with Crippen molar-refractivity contribution in [3.05, 3.63) is 40.1 Å². The Hall–Kier alpha value is -1.89. The number of hydrogen-bond acceptors (Lipinski definition) is 6.